The molecule has 0 aliphatic carbocycles. The zero-order valence-electron chi connectivity index (χ0n) is 23.8. The van der Waals surface area contributed by atoms with Crippen molar-refractivity contribution in [3.8, 4) is 5.75 Å². The zero-order valence-corrected chi connectivity index (χ0v) is 23.8. The van der Waals surface area contributed by atoms with E-state index in [1.807, 2.05) is 29.6 Å². The Bertz CT molecular complexity index is 886. The van der Waals surface area contributed by atoms with Crippen LogP contribution in [0.3, 0.4) is 0 Å². The number of methoxy groups -OCH3 is 1. The molecule has 41 heavy (non-hydrogen) atoms. The third kappa shape index (κ3) is 11.9. The van der Waals surface area contributed by atoms with Crippen LogP contribution in [0.25, 0.3) is 0 Å². The number of hydrogen-bond donors (Lipinski definition) is 3. The van der Waals surface area contributed by atoms with Gasteiger partial charge in [-0.1, -0.05) is 57.2 Å². The third-order valence-corrected chi connectivity index (χ3v) is 6.81. The first-order valence-corrected chi connectivity index (χ1v) is 14.0. The molecule has 1 saturated heterocycles. The van der Waals surface area contributed by atoms with E-state index in [0.29, 0.717) is 13.0 Å². The van der Waals surface area contributed by atoms with E-state index in [9.17, 15) is 28.2 Å². The predicted octanol–water partition coefficient (Wildman–Crippen LogP) is 4.04. The lowest BCUT2D eigenvalue weighted by atomic mass is 9.96. The quantitative estimate of drug-likeness (QED) is 0.163. The standard InChI is InChI=1S/C29H44F3NO8/c1-4-6-7-8-9-10-22(40-19-20-11-13-21(37-3)14-12-20)15-17-38-26-24(33-28(36)29(30,31)32)27(39-16-5-2)41-23(18-34)25(26)35/h5,11-14,22-27,34-35H,2,4,6-10,15-19H2,1,3H3,(H,33,36)/t22-,23-,24-,25-,26-,27+/m1/s1. The molecule has 12 heteroatoms. The Labute approximate surface area is 239 Å². The number of aliphatic hydroxyl groups is 2. The van der Waals surface area contributed by atoms with Crippen molar-refractivity contribution < 1.29 is 51.9 Å². The molecule has 0 unspecified atom stereocenters. The summed E-state index contributed by atoms with van der Waals surface area (Å²) in [5.41, 5.74) is 0.950. The summed E-state index contributed by atoms with van der Waals surface area (Å²) in [5.74, 6) is -1.50. The second-order valence-corrected chi connectivity index (χ2v) is 9.94. The normalized spacial score (nSPS) is 23.6. The highest BCUT2D eigenvalue weighted by atomic mass is 19.4. The molecule has 0 saturated carbocycles. The second kappa shape index (κ2) is 18.3. The fourth-order valence-electron chi connectivity index (χ4n) is 4.52. The van der Waals surface area contributed by atoms with Gasteiger partial charge in [0, 0.05) is 6.61 Å². The topological polar surface area (TPSA) is 116 Å². The molecule has 0 radical (unpaired) electrons. The van der Waals surface area contributed by atoms with Crippen LogP contribution in [0.1, 0.15) is 57.4 Å². The summed E-state index contributed by atoms with van der Waals surface area (Å²) < 4.78 is 67.4. The Morgan fingerprint density at radius 1 is 1.15 bits per heavy atom. The summed E-state index contributed by atoms with van der Waals surface area (Å²) >= 11 is 0. The van der Waals surface area contributed by atoms with Crippen molar-refractivity contribution in [2.24, 2.45) is 0 Å². The number of benzene rings is 1. The molecule has 1 aliphatic rings. The highest BCUT2D eigenvalue weighted by molar-refractivity contribution is 5.82. The van der Waals surface area contributed by atoms with Gasteiger partial charge in [-0.3, -0.25) is 4.79 Å². The number of carbonyl (C=O) groups excluding carboxylic acids is 1. The lowest BCUT2D eigenvalue weighted by Gasteiger charge is -2.44. The number of hydrogen-bond acceptors (Lipinski definition) is 8. The monoisotopic (exact) mass is 591 g/mol. The molecule has 1 aromatic rings. The molecule has 0 spiro atoms. The van der Waals surface area contributed by atoms with Gasteiger partial charge in [0.25, 0.3) is 0 Å². The van der Waals surface area contributed by atoms with Crippen LogP contribution in [0.4, 0.5) is 13.2 Å². The van der Waals surface area contributed by atoms with Gasteiger partial charge in [0.2, 0.25) is 0 Å². The van der Waals surface area contributed by atoms with Crippen LogP contribution in [0.2, 0.25) is 0 Å². The van der Waals surface area contributed by atoms with Crippen molar-refractivity contribution in [2.75, 3.05) is 26.9 Å². The molecular formula is C29H44F3NO8. The number of aliphatic hydroxyl groups excluding tert-OH is 2. The SMILES string of the molecule is C=CCO[C@H]1O[C@H](CO)[C@@H](O)[C@H](OCC[C@@H](CCCCCCC)OCc2ccc(OC)cc2)[C@H]1NC(=O)C(F)(F)F. The summed E-state index contributed by atoms with van der Waals surface area (Å²) in [7, 11) is 1.59. The molecule has 0 aromatic heterocycles. The number of nitrogens with one attached hydrogen (secondary N) is 1. The van der Waals surface area contributed by atoms with Crippen molar-refractivity contribution in [2.45, 2.75) is 101 Å². The van der Waals surface area contributed by atoms with E-state index < -0.39 is 49.3 Å². The van der Waals surface area contributed by atoms with Gasteiger partial charge in [0.1, 0.15) is 30.1 Å². The van der Waals surface area contributed by atoms with Crippen LogP contribution in [0.5, 0.6) is 5.75 Å². The molecule has 1 heterocycles. The van der Waals surface area contributed by atoms with Gasteiger partial charge in [-0.05, 0) is 30.5 Å². The fourth-order valence-corrected chi connectivity index (χ4v) is 4.52. The molecular weight excluding hydrogens is 547 g/mol. The van der Waals surface area contributed by atoms with Gasteiger partial charge >= 0.3 is 12.1 Å². The maximum Gasteiger partial charge on any atom is 0.471 e. The molecule has 6 atom stereocenters. The minimum atomic E-state index is -5.18. The zero-order chi connectivity index (χ0) is 30.3. The predicted molar refractivity (Wildman–Crippen MR) is 145 cm³/mol. The molecule has 1 aromatic carbocycles. The van der Waals surface area contributed by atoms with Gasteiger partial charge in [0.05, 0.1) is 33.0 Å². The van der Waals surface area contributed by atoms with Gasteiger partial charge in [-0.25, -0.2) is 0 Å². The fraction of sp³-hybridized carbons (Fsp3) is 0.690. The number of amides is 1. The molecule has 234 valence electrons. The van der Waals surface area contributed by atoms with E-state index in [1.165, 1.54) is 6.08 Å². The highest BCUT2D eigenvalue weighted by Crippen LogP contribution is 2.27. The lowest BCUT2D eigenvalue weighted by Crippen LogP contribution is -2.66. The van der Waals surface area contributed by atoms with Crippen molar-refractivity contribution in [1.29, 1.82) is 0 Å². The van der Waals surface area contributed by atoms with Crippen LogP contribution >= 0.6 is 0 Å². The molecule has 1 amide bonds. The van der Waals surface area contributed by atoms with E-state index in [2.05, 4.69) is 13.5 Å². The first-order chi connectivity index (χ1) is 19.6. The number of alkyl halides is 3. The first-order valence-electron chi connectivity index (χ1n) is 14.0. The molecule has 9 nitrogen and oxygen atoms in total. The Morgan fingerprint density at radius 3 is 2.46 bits per heavy atom. The minimum Gasteiger partial charge on any atom is -0.497 e. The van der Waals surface area contributed by atoms with E-state index in [1.54, 1.807) is 7.11 Å². The maximum absolute atomic E-state index is 13.1. The molecule has 2 rings (SSSR count). The van der Waals surface area contributed by atoms with Gasteiger partial charge in [0.15, 0.2) is 6.29 Å². The largest absolute Gasteiger partial charge is 0.497 e. The van der Waals surface area contributed by atoms with E-state index in [-0.39, 0.29) is 19.3 Å². The number of ether oxygens (including phenoxy) is 5. The molecule has 1 fully saturated rings. The number of halogens is 3. The number of carbonyl (C=O) groups is 1. The molecule has 1 aliphatic heterocycles. The summed E-state index contributed by atoms with van der Waals surface area (Å²) in [6, 6.07) is 5.98. The van der Waals surface area contributed by atoms with Gasteiger partial charge in [-0.15, -0.1) is 6.58 Å². The van der Waals surface area contributed by atoms with Crippen molar-refractivity contribution in [1.82, 2.24) is 5.32 Å². The maximum atomic E-state index is 13.1. The Hall–Kier alpha value is -2.22. The van der Waals surface area contributed by atoms with Crippen molar-refractivity contribution in [3.63, 3.8) is 0 Å². The van der Waals surface area contributed by atoms with Crippen molar-refractivity contribution in [3.05, 3.63) is 42.5 Å². The number of unbranched alkanes of at least 4 members (excludes halogenated alkanes) is 4. The Morgan fingerprint density at radius 2 is 1.85 bits per heavy atom. The Balaban J connectivity index is 2.11. The van der Waals surface area contributed by atoms with Crippen LogP contribution in [0.15, 0.2) is 36.9 Å². The van der Waals surface area contributed by atoms with Crippen LogP contribution in [-0.4, -0.2) is 86.0 Å². The summed E-state index contributed by atoms with van der Waals surface area (Å²) in [6.45, 7) is 5.25. The van der Waals surface area contributed by atoms with Crippen LogP contribution < -0.4 is 10.1 Å². The van der Waals surface area contributed by atoms with E-state index in [0.717, 1.165) is 49.8 Å². The average Bonchev–Trinajstić information content (AvgIpc) is 2.96. The smallest absolute Gasteiger partial charge is 0.471 e. The van der Waals surface area contributed by atoms with Gasteiger partial charge in [-0.2, -0.15) is 13.2 Å². The molecule has 3 N–H and O–H groups in total. The number of rotatable bonds is 19. The minimum absolute atomic E-state index is 0.00861. The van der Waals surface area contributed by atoms with Crippen LogP contribution in [0, 0.1) is 0 Å². The second-order valence-electron chi connectivity index (χ2n) is 9.94. The summed E-state index contributed by atoms with van der Waals surface area (Å²) in [6.07, 6.45) is -3.06. The molecule has 0 bridgehead atoms. The third-order valence-electron chi connectivity index (χ3n) is 6.81. The lowest BCUT2D eigenvalue weighted by molar-refractivity contribution is -0.276. The summed E-state index contributed by atoms with van der Waals surface area (Å²) in [4.78, 5) is 11.8. The van der Waals surface area contributed by atoms with Crippen molar-refractivity contribution >= 4 is 5.91 Å². The van der Waals surface area contributed by atoms with E-state index >= 15 is 0 Å². The van der Waals surface area contributed by atoms with E-state index in [4.69, 9.17) is 23.7 Å². The highest BCUT2D eigenvalue weighted by Gasteiger charge is 2.50. The average molecular weight is 592 g/mol. The van der Waals surface area contributed by atoms with Gasteiger partial charge < -0.3 is 39.2 Å². The summed E-state index contributed by atoms with van der Waals surface area (Å²) in [5, 5.41) is 22.3. The Kier molecular flexibility index (Phi) is 15.7. The van der Waals surface area contributed by atoms with Crippen LogP contribution in [-0.2, 0) is 30.3 Å². The first kappa shape index (κ1) is 35.0.